The first kappa shape index (κ1) is 12.9. The lowest BCUT2D eigenvalue weighted by Gasteiger charge is -2.25. The Morgan fingerprint density at radius 3 is 2.63 bits per heavy atom. The lowest BCUT2D eigenvalue weighted by atomic mass is 10.0. The third-order valence-electron chi connectivity index (χ3n) is 4.16. The van der Waals surface area contributed by atoms with Crippen LogP contribution in [0.3, 0.4) is 0 Å². The van der Waals surface area contributed by atoms with Gasteiger partial charge in [0.05, 0.1) is 0 Å². The summed E-state index contributed by atoms with van der Waals surface area (Å²) in [7, 11) is 0. The second-order valence-electron chi connectivity index (χ2n) is 5.61. The maximum absolute atomic E-state index is 11.4. The Bertz CT molecular complexity index is 468. The van der Waals surface area contributed by atoms with Crippen LogP contribution in [0.1, 0.15) is 37.7 Å². The smallest absolute Gasteiger partial charge is 0.220 e. The van der Waals surface area contributed by atoms with Crippen LogP contribution in [0, 0.1) is 0 Å². The fraction of sp³-hybridized carbons (Fsp3) is 0.533. The van der Waals surface area contributed by atoms with E-state index in [9.17, 15) is 4.79 Å². The van der Waals surface area contributed by atoms with Gasteiger partial charge in [0, 0.05) is 29.6 Å². The van der Waals surface area contributed by atoms with Crippen molar-refractivity contribution in [2.75, 3.05) is 6.54 Å². The van der Waals surface area contributed by atoms with Gasteiger partial charge >= 0.3 is 0 Å². The topological polar surface area (TPSA) is 41.1 Å². The van der Waals surface area contributed by atoms with E-state index in [-0.39, 0.29) is 11.4 Å². The maximum atomic E-state index is 11.4. The Morgan fingerprint density at radius 1 is 1.21 bits per heavy atom. The normalized spacial score (nSPS) is 25.5. The standard InChI is InChI=1S/C15H19ClN2O/c16-12-3-1-11(2-4-12)15(8-9-15)18-13-5-6-14(19)17-10-7-13/h1-4,13,18H,5-10H2,(H,17,19). The van der Waals surface area contributed by atoms with E-state index in [2.05, 4.69) is 22.8 Å². The van der Waals surface area contributed by atoms with Gasteiger partial charge in [0.15, 0.2) is 0 Å². The molecule has 2 aliphatic rings. The van der Waals surface area contributed by atoms with Crippen molar-refractivity contribution in [1.82, 2.24) is 10.6 Å². The quantitative estimate of drug-likeness (QED) is 0.892. The monoisotopic (exact) mass is 278 g/mol. The Kier molecular flexibility index (Phi) is 3.50. The highest BCUT2D eigenvalue weighted by atomic mass is 35.5. The second-order valence-corrected chi connectivity index (χ2v) is 6.04. The Hall–Kier alpha value is -1.06. The molecule has 0 bridgehead atoms. The fourth-order valence-electron chi connectivity index (χ4n) is 2.87. The molecule has 1 saturated carbocycles. The van der Waals surface area contributed by atoms with Crippen molar-refractivity contribution < 1.29 is 4.79 Å². The zero-order chi connectivity index (χ0) is 13.3. The molecule has 1 unspecified atom stereocenters. The molecule has 1 aliphatic heterocycles. The van der Waals surface area contributed by atoms with Crippen LogP contribution >= 0.6 is 11.6 Å². The third kappa shape index (κ3) is 2.93. The van der Waals surface area contributed by atoms with E-state index in [1.165, 1.54) is 18.4 Å². The number of benzene rings is 1. The first-order valence-corrected chi connectivity index (χ1v) is 7.36. The molecule has 1 saturated heterocycles. The van der Waals surface area contributed by atoms with Gasteiger partial charge in [-0.2, -0.15) is 0 Å². The highest BCUT2D eigenvalue weighted by molar-refractivity contribution is 6.30. The summed E-state index contributed by atoms with van der Waals surface area (Å²) in [6, 6.07) is 8.57. The van der Waals surface area contributed by atoms with Gasteiger partial charge in [0.1, 0.15) is 0 Å². The lowest BCUT2D eigenvalue weighted by molar-refractivity contribution is -0.120. The van der Waals surface area contributed by atoms with Gasteiger partial charge in [-0.15, -0.1) is 0 Å². The molecule has 2 fully saturated rings. The predicted octanol–water partition coefficient (Wildman–Crippen LogP) is 2.59. The van der Waals surface area contributed by atoms with Crippen LogP contribution in [0.15, 0.2) is 24.3 Å². The molecule has 3 rings (SSSR count). The van der Waals surface area contributed by atoms with E-state index >= 15 is 0 Å². The van der Waals surface area contributed by atoms with E-state index in [4.69, 9.17) is 11.6 Å². The predicted molar refractivity (Wildman–Crippen MR) is 76.1 cm³/mol. The summed E-state index contributed by atoms with van der Waals surface area (Å²) in [5.41, 5.74) is 1.45. The van der Waals surface area contributed by atoms with Gasteiger partial charge in [0.2, 0.25) is 5.91 Å². The van der Waals surface area contributed by atoms with Gasteiger partial charge in [-0.1, -0.05) is 23.7 Å². The summed E-state index contributed by atoms with van der Waals surface area (Å²) in [4.78, 5) is 11.4. The lowest BCUT2D eigenvalue weighted by Crippen LogP contribution is -2.38. The van der Waals surface area contributed by atoms with Crippen molar-refractivity contribution in [2.24, 2.45) is 0 Å². The Balaban J connectivity index is 1.68. The molecule has 1 aliphatic carbocycles. The van der Waals surface area contributed by atoms with Crippen molar-refractivity contribution in [3.8, 4) is 0 Å². The van der Waals surface area contributed by atoms with Crippen molar-refractivity contribution in [1.29, 1.82) is 0 Å². The average Bonchev–Trinajstić information content (AvgIpc) is 3.19. The molecule has 4 heteroatoms. The Morgan fingerprint density at radius 2 is 1.95 bits per heavy atom. The van der Waals surface area contributed by atoms with Crippen molar-refractivity contribution in [2.45, 2.75) is 43.7 Å². The molecule has 102 valence electrons. The molecular formula is C15H19ClN2O. The Labute approximate surface area is 118 Å². The number of rotatable bonds is 3. The molecule has 1 amide bonds. The zero-order valence-electron chi connectivity index (χ0n) is 10.9. The largest absolute Gasteiger partial charge is 0.356 e. The third-order valence-corrected chi connectivity index (χ3v) is 4.41. The number of carbonyl (C=O) groups excluding carboxylic acids is 1. The van der Waals surface area contributed by atoms with Crippen LogP contribution in [-0.4, -0.2) is 18.5 Å². The van der Waals surface area contributed by atoms with Crippen LogP contribution < -0.4 is 10.6 Å². The summed E-state index contributed by atoms with van der Waals surface area (Å²) in [6.07, 6.45) is 4.93. The molecule has 19 heavy (non-hydrogen) atoms. The number of hydrogen-bond acceptors (Lipinski definition) is 2. The van der Waals surface area contributed by atoms with E-state index in [0.717, 1.165) is 24.4 Å². The molecule has 0 radical (unpaired) electrons. The minimum Gasteiger partial charge on any atom is -0.356 e. The minimum absolute atomic E-state index is 0.128. The zero-order valence-corrected chi connectivity index (χ0v) is 11.7. The van der Waals surface area contributed by atoms with Crippen LogP contribution in [0.2, 0.25) is 5.02 Å². The molecule has 1 atom stereocenters. The average molecular weight is 279 g/mol. The number of carbonyl (C=O) groups is 1. The first-order chi connectivity index (χ1) is 9.18. The molecule has 1 heterocycles. The van der Waals surface area contributed by atoms with E-state index in [1.54, 1.807) is 0 Å². The number of amides is 1. The van der Waals surface area contributed by atoms with Crippen LogP contribution in [-0.2, 0) is 10.3 Å². The molecule has 0 aromatic heterocycles. The number of nitrogens with one attached hydrogen (secondary N) is 2. The van der Waals surface area contributed by atoms with Crippen LogP contribution in [0.5, 0.6) is 0 Å². The fourth-order valence-corrected chi connectivity index (χ4v) is 3.00. The highest BCUT2D eigenvalue weighted by Crippen LogP contribution is 2.46. The van der Waals surface area contributed by atoms with Gasteiger partial charge in [-0.05, 0) is 43.4 Å². The van der Waals surface area contributed by atoms with Crippen molar-refractivity contribution >= 4 is 17.5 Å². The molecule has 1 aromatic rings. The van der Waals surface area contributed by atoms with Crippen LogP contribution in [0.4, 0.5) is 0 Å². The summed E-state index contributed by atoms with van der Waals surface area (Å²) in [5.74, 6) is 0.181. The first-order valence-electron chi connectivity index (χ1n) is 6.98. The number of hydrogen-bond donors (Lipinski definition) is 2. The van der Waals surface area contributed by atoms with E-state index < -0.39 is 0 Å². The van der Waals surface area contributed by atoms with Crippen molar-refractivity contribution in [3.63, 3.8) is 0 Å². The highest BCUT2D eigenvalue weighted by Gasteiger charge is 2.45. The van der Waals surface area contributed by atoms with Gasteiger partial charge < -0.3 is 10.6 Å². The molecule has 1 aromatic carbocycles. The SMILES string of the molecule is O=C1CCC(NC2(c3ccc(Cl)cc3)CC2)CCN1. The van der Waals surface area contributed by atoms with Gasteiger partial charge in [-0.3, -0.25) is 4.79 Å². The summed E-state index contributed by atoms with van der Waals surface area (Å²) in [6.45, 7) is 0.785. The maximum Gasteiger partial charge on any atom is 0.220 e. The van der Waals surface area contributed by atoms with Crippen molar-refractivity contribution in [3.05, 3.63) is 34.9 Å². The second kappa shape index (κ2) is 5.14. The summed E-state index contributed by atoms with van der Waals surface area (Å²) in [5, 5.41) is 7.48. The van der Waals surface area contributed by atoms with Crippen LogP contribution in [0.25, 0.3) is 0 Å². The van der Waals surface area contributed by atoms with Gasteiger partial charge in [0.25, 0.3) is 0 Å². The number of halogens is 1. The molecule has 2 N–H and O–H groups in total. The molecule has 0 spiro atoms. The summed E-state index contributed by atoms with van der Waals surface area (Å²) < 4.78 is 0. The minimum atomic E-state index is 0.128. The summed E-state index contributed by atoms with van der Waals surface area (Å²) >= 11 is 5.95. The van der Waals surface area contributed by atoms with Gasteiger partial charge in [-0.25, -0.2) is 0 Å². The molecular weight excluding hydrogens is 260 g/mol. The van der Waals surface area contributed by atoms with E-state index in [0.29, 0.717) is 12.5 Å². The molecule has 3 nitrogen and oxygen atoms in total. The van der Waals surface area contributed by atoms with E-state index in [1.807, 2.05) is 12.1 Å².